The highest BCUT2D eigenvalue weighted by molar-refractivity contribution is 7.16. The summed E-state index contributed by atoms with van der Waals surface area (Å²) in [5.74, 6) is 2.34. The van der Waals surface area contributed by atoms with Crippen molar-refractivity contribution in [3.63, 3.8) is 0 Å². The van der Waals surface area contributed by atoms with E-state index in [9.17, 15) is 10.1 Å². The lowest BCUT2D eigenvalue weighted by Crippen LogP contribution is -2.26. The molecule has 1 N–H and O–H groups in total. The molecule has 0 saturated carbocycles. The lowest BCUT2D eigenvalue weighted by molar-refractivity contribution is -0.136. The summed E-state index contributed by atoms with van der Waals surface area (Å²) in [6.07, 6.45) is 8.44. The van der Waals surface area contributed by atoms with Crippen LogP contribution in [0.1, 0.15) is 35.8 Å². The number of anilines is 1. The molecule has 1 atom stereocenters. The van der Waals surface area contributed by atoms with Gasteiger partial charge in [-0.3, -0.25) is 4.79 Å². The van der Waals surface area contributed by atoms with Crippen molar-refractivity contribution >= 4 is 22.3 Å². The van der Waals surface area contributed by atoms with Crippen LogP contribution in [0.25, 0.3) is 0 Å². The van der Waals surface area contributed by atoms with Gasteiger partial charge < -0.3 is 10.0 Å². The number of rotatable bonds is 5. The molecule has 1 aromatic heterocycles. The Labute approximate surface area is 129 Å². The number of aliphatic carboxylic acids is 1. The molecule has 2 rings (SSSR count). The van der Waals surface area contributed by atoms with Crippen LogP contribution in [0.5, 0.6) is 0 Å². The van der Waals surface area contributed by atoms with Crippen molar-refractivity contribution in [1.82, 2.24) is 0 Å². The van der Waals surface area contributed by atoms with E-state index in [2.05, 4.69) is 18.9 Å². The van der Waals surface area contributed by atoms with E-state index in [4.69, 9.17) is 11.5 Å². The normalized spacial score (nSPS) is 16.6. The van der Waals surface area contributed by atoms with E-state index in [1.807, 2.05) is 4.90 Å². The minimum atomic E-state index is -0.856. The maximum atomic E-state index is 10.8. The number of nitriles is 1. The lowest BCUT2D eigenvalue weighted by atomic mass is 9.88. The van der Waals surface area contributed by atoms with E-state index in [-0.39, 0.29) is 6.42 Å². The van der Waals surface area contributed by atoms with Gasteiger partial charge in [-0.25, -0.2) is 0 Å². The molecule has 0 saturated heterocycles. The number of carbonyl (C=O) groups is 1. The van der Waals surface area contributed by atoms with Crippen LogP contribution in [-0.2, 0) is 17.6 Å². The van der Waals surface area contributed by atoms with Gasteiger partial charge in [-0.05, 0) is 30.7 Å². The third-order valence-corrected chi connectivity index (χ3v) is 5.08. The molecule has 0 bridgehead atoms. The van der Waals surface area contributed by atoms with Crippen LogP contribution in [0.2, 0.25) is 0 Å². The van der Waals surface area contributed by atoms with Gasteiger partial charge in [-0.2, -0.15) is 5.26 Å². The number of hydrogen-bond acceptors (Lipinski definition) is 4. The van der Waals surface area contributed by atoms with E-state index >= 15 is 0 Å². The SMILES string of the molecule is C#CCN(CCC(=O)O)c1sc2c(c1C#N)CCC(C)C2. The predicted molar refractivity (Wildman–Crippen MR) is 83.5 cm³/mol. The maximum absolute atomic E-state index is 10.8. The number of thiophene rings is 1. The average Bonchev–Trinajstić information content (AvgIpc) is 2.80. The van der Waals surface area contributed by atoms with Crippen LogP contribution in [0.4, 0.5) is 5.00 Å². The Hall–Kier alpha value is -1.98. The van der Waals surface area contributed by atoms with Gasteiger partial charge >= 0.3 is 5.97 Å². The van der Waals surface area contributed by atoms with E-state index in [0.717, 1.165) is 29.8 Å². The minimum Gasteiger partial charge on any atom is -0.481 e. The molecule has 1 aliphatic rings. The number of fused-ring (bicyclic) bond motifs is 1. The summed E-state index contributed by atoms with van der Waals surface area (Å²) in [4.78, 5) is 13.9. The molecule has 4 nitrogen and oxygen atoms in total. The Kier molecular flexibility index (Phi) is 4.88. The first kappa shape index (κ1) is 15.4. The van der Waals surface area contributed by atoms with Crippen molar-refractivity contribution in [3.05, 3.63) is 16.0 Å². The molecule has 0 amide bonds. The minimum absolute atomic E-state index is 0.0194. The lowest BCUT2D eigenvalue weighted by Gasteiger charge is -2.20. The van der Waals surface area contributed by atoms with Crippen molar-refractivity contribution in [2.24, 2.45) is 5.92 Å². The highest BCUT2D eigenvalue weighted by atomic mass is 32.1. The number of carboxylic acids is 1. The van der Waals surface area contributed by atoms with Crippen molar-refractivity contribution in [2.75, 3.05) is 18.0 Å². The van der Waals surface area contributed by atoms with Gasteiger partial charge in [-0.15, -0.1) is 17.8 Å². The molecule has 110 valence electrons. The van der Waals surface area contributed by atoms with E-state index in [0.29, 0.717) is 24.6 Å². The summed E-state index contributed by atoms with van der Waals surface area (Å²) >= 11 is 1.60. The Bertz CT molecular complexity index is 621. The zero-order chi connectivity index (χ0) is 15.4. The quantitative estimate of drug-likeness (QED) is 0.849. The van der Waals surface area contributed by atoms with Gasteiger partial charge in [0.2, 0.25) is 0 Å². The molecule has 0 aliphatic heterocycles. The van der Waals surface area contributed by atoms with Crippen molar-refractivity contribution in [2.45, 2.75) is 32.6 Å². The Balaban J connectivity index is 2.34. The van der Waals surface area contributed by atoms with Gasteiger partial charge in [0.1, 0.15) is 11.1 Å². The average molecular weight is 302 g/mol. The molecular formula is C16H18N2O2S. The van der Waals surface area contributed by atoms with E-state index < -0.39 is 5.97 Å². The third kappa shape index (κ3) is 3.37. The first-order valence-electron chi connectivity index (χ1n) is 7.01. The number of hydrogen-bond donors (Lipinski definition) is 1. The van der Waals surface area contributed by atoms with Crippen LogP contribution < -0.4 is 4.90 Å². The second-order valence-electron chi connectivity index (χ2n) is 5.41. The molecule has 0 aromatic carbocycles. The highest BCUT2D eigenvalue weighted by Crippen LogP contribution is 2.41. The van der Waals surface area contributed by atoms with Gasteiger partial charge in [0, 0.05) is 11.4 Å². The smallest absolute Gasteiger partial charge is 0.305 e. The second-order valence-corrected chi connectivity index (χ2v) is 6.50. The fourth-order valence-electron chi connectivity index (χ4n) is 2.67. The fraction of sp³-hybridized carbons (Fsp3) is 0.500. The summed E-state index contributed by atoms with van der Waals surface area (Å²) in [6, 6.07) is 2.30. The summed E-state index contributed by atoms with van der Waals surface area (Å²) in [6.45, 7) is 2.89. The van der Waals surface area contributed by atoms with Gasteiger partial charge in [0.25, 0.3) is 0 Å². The summed E-state index contributed by atoms with van der Waals surface area (Å²) in [5.41, 5.74) is 1.84. The third-order valence-electron chi connectivity index (χ3n) is 3.77. The van der Waals surface area contributed by atoms with Crippen LogP contribution in [0.3, 0.4) is 0 Å². The van der Waals surface area contributed by atoms with Gasteiger partial charge in [0.05, 0.1) is 18.5 Å². The van der Waals surface area contributed by atoms with E-state index in [1.54, 1.807) is 11.3 Å². The van der Waals surface area contributed by atoms with Crippen LogP contribution in [-0.4, -0.2) is 24.2 Å². The number of nitrogens with zero attached hydrogens (tertiary/aromatic N) is 2. The highest BCUT2D eigenvalue weighted by Gasteiger charge is 2.26. The molecule has 0 radical (unpaired) electrons. The zero-order valence-corrected chi connectivity index (χ0v) is 12.9. The molecule has 1 unspecified atom stereocenters. The predicted octanol–water partition coefficient (Wildman–Crippen LogP) is 2.66. The van der Waals surface area contributed by atoms with Gasteiger partial charge in [0.15, 0.2) is 0 Å². The van der Waals surface area contributed by atoms with Crippen molar-refractivity contribution in [3.8, 4) is 18.4 Å². The monoisotopic (exact) mass is 302 g/mol. The largest absolute Gasteiger partial charge is 0.481 e. The molecule has 1 aliphatic carbocycles. The zero-order valence-electron chi connectivity index (χ0n) is 12.1. The second kappa shape index (κ2) is 6.65. The molecule has 1 aromatic rings. The first-order valence-corrected chi connectivity index (χ1v) is 7.83. The topological polar surface area (TPSA) is 64.3 Å². The molecule has 0 spiro atoms. The standard InChI is InChI=1S/C16H18N2O2S/c1-3-7-18(8-6-15(19)20)16-13(10-17)12-5-4-11(2)9-14(12)21-16/h1,11H,4-9H2,2H3,(H,19,20). The molecule has 0 fully saturated rings. The molecule has 21 heavy (non-hydrogen) atoms. The van der Waals surface area contributed by atoms with Gasteiger partial charge in [-0.1, -0.05) is 12.8 Å². The summed E-state index contributed by atoms with van der Waals surface area (Å²) < 4.78 is 0. The Morgan fingerprint density at radius 1 is 1.62 bits per heavy atom. The fourth-order valence-corrected chi connectivity index (χ4v) is 4.15. The summed E-state index contributed by atoms with van der Waals surface area (Å²) in [7, 11) is 0. The Morgan fingerprint density at radius 3 is 3.00 bits per heavy atom. The van der Waals surface area contributed by atoms with Crippen molar-refractivity contribution in [1.29, 1.82) is 5.26 Å². The number of carboxylic acid groups (broad SMARTS) is 1. The van der Waals surface area contributed by atoms with Crippen LogP contribution in [0, 0.1) is 29.6 Å². The molecule has 5 heteroatoms. The van der Waals surface area contributed by atoms with Crippen molar-refractivity contribution < 1.29 is 9.90 Å². The Morgan fingerprint density at radius 2 is 2.38 bits per heavy atom. The van der Waals surface area contributed by atoms with Crippen LogP contribution >= 0.6 is 11.3 Å². The maximum Gasteiger partial charge on any atom is 0.305 e. The van der Waals surface area contributed by atoms with E-state index in [1.165, 1.54) is 4.88 Å². The molecular weight excluding hydrogens is 284 g/mol. The number of terminal acetylenes is 1. The molecule has 1 heterocycles. The first-order chi connectivity index (χ1) is 10.1. The summed E-state index contributed by atoms with van der Waals surface area (Å²) in [5, 5.41) is 19.2. The van der Waals surface area contributed by atoms with Crippen LogP contribution in [0.15, 0.2) is 0 Å².